The van der Waals surface area contributed by atoms with Crippen LogP contribution >= 0.6 is 0 Å². The molecule has 0 heterocycles. The number of methoxy groups -OCH3 is 1. The molecule has 0 amide bonds. The summed E-state index contributed by atoms with van der Waals surface area (Å²) in [7, 11) is 1.34. The molecular weight excluding hydrogens is 156 g/mol. The van der Waals surface area contributed by atoms with Crippen LogP contribution in [-0.4, -0.2) is 18.9 Å². The third-order valence-electron chi connectivity index (χ3n) is 1.99. The molecule has 0 unspecified atom stereocenters. The smallest absolute Gasteiger partial charge is 0.330 e. The molecule has 0 aromatic heterocycles. The fourth-order valence-electron chi connectivity index (χ4n) is 1.29. The molecule has 1 aliphatic rings. The van der Waals surface area contributed by atoms with E-state index in [2.05, 4.69) is 4.74 Å². The standard InChI is InChI=1S/C9H12O3/c1-12-9(11)5-3-7-2-4-8(10)6-7/h3,5,7H,2,4,6H2,1H3/b5-3+/t7-/m1/s1. The van der Waals surface area contributed by atoms with Crippen molar-refractivity contribution in [3.8, 4) is 0 Å². The molecule has 0 saturated heterocycles. The number of carbonyl (C=O) groups is 2. The van der Waals surface area contributed by atoms with E-state index < -0.39 is 0 Å². The molecular formula is C9H12O3. The van der Waals surface area contributed by atoms with E-state index in [1.807, 2.05) is 0 Å². The third-order valence-corrected chi connectivity index (χ3v) is 1.99. The Hall–Kier alpha value is -1.12. The molecule has 0 aliphatic heterocycles. The van der Waals surface area contributed by atoms with Crippen molar-refractivity contribution in [3.63, 3.8) is 0 Å². The lowest BCUT2D eigenvalue weighted by Gasteiger charge is -1.97. The number of Topliss-reactive ketones (excluding diaryl/α,β-unsaturated/α-hetero) is 1. The van der Waals surface area contributed by atoms with Crippen LogP contribution in [0.5, 0.6) is 0 Å². The first-order valence-corrected chi connectivity index (χ1v) is 4.00. The van der Waals surface area contributed by atoms with Crippen molar-refractivity contribution in [1.82, 2.24) is 0 Å². The number of hydrogen-bond donors (Lipinski definition) is 0. The van der Waals surface area contributed by atoms with E-state index in [4.69, 9.17) is 0 Å². The molecule has 1 saturated carbocycles. The molecule has 1 atom stereocenters. The lowest BCUT2D eigenvalue weighted by atomic mass is 10.1. The van der Waals surface area contributed by atoms with Gasteiger partial charge in [0.1, 0.15) is 5.78 Å². The second kappa shape index (κ2) is 4.04. The Labute approximate surface area is 71.4 Å². The van der Waals surface area contributed by atoms with Crippen LogP contribution in [0.25, 0.3) is 0 Å². The number of ether oxygens (including phenoxy) is 1. The Morgan fingerprint density at radius 1 is 1.67 bits per heavy atom. The maximum absolute atomic E-state index is 10.8. The van der Waals surface area contributed by atoms with Crippen LogP contribution in [-0.2, 0) is 14.3 Å². The molecule has 1 aliphatic carbocycles. The maximum atomic E-state index is 10.8. The van der Waals surface area contributed by atoms with Crippen molar-refractivity contribution >= 4 is 11.8 Å². The maximum Gasteiger partial charge on any atom is 0.330 e. The highest BCUT2D eigenvalue weighted by Gasteiger charge is 2.19. The van der Waals surface area contributed by atoms with Crippen LogP contribution in [0.1, 0.15) is 19.3 Å². The molecule has 66 valence electrons. The Morgan fingerprint density at radius 2 is 2.42 bits per heavy atom. The SMILES string of the molecule is COC(=O)/C=C/[C@H]1CCC(=O)C1. The van der Waals surface area contributed by atoms with Gasteiger partial charge in [-0.15, -0.1) is 0 Å². The largest absolute Gasteiger partial charge is 0.466 e. The fraction of sp³-hybridized carbons (Fsp3) is 0.556. The normalized spacial score (nSPS) is 23.4. The minimum Gasteiger partial charge on any atom is -0.466 e. The van der Waals surface area contributed by atoms with Gasteiger partial charge in [-0.05, 0) is 12.3 Å². The lowest BCUT2D eigenvalue weighted by molar-refractivity contribution is -0.134. The summed E-state index contributed by atoms with van der Waals surface area (Å²) in [5.41, 5.74) is 0. The number of esters is 1. The van der Waals surface area contributed by atoms with Gasteiger partial charge in [-0.1, -0.05) is 6.08 Å². The van der Waals surface area contributed by atoms with Crippen LogP contribution in [0.15, 0.2) is 12.2 Å². The van der Waals surface area contributed by atoms with Crippen molar-refractivity contribution < 1.29 is 14.3 Å². The van der Waals surface area contributed by atoms with Gasteiger partial charge in [0.2, 0.25) is 0 Å². The highest BCUT2D eigenvalue weighted by Crippen LogP contribution is 2.22. The summed E-state index contributed by atoms with van der Waals surface area (Å²) in [6.45, 7) is 0. The zero-order chi connectivity index (χ0) is 8.97. The van der Waals surface area contributed by atoms with Crippen molar-refractivity contribution in [3.05, 3.63) is 12.2 Å². The zero-order valence-corrected chi connectivity index (χ0v) is 7.08. The fourth-order valence-corrected chi connectivity index (χ4v) is 1.29. The van der Waals surface area contributed by atoms with Crippen LogP contribution in [0, 0.1) is 5.92 Å². The molecule has 0 radical (unpaired) electrons. The first kappa shape index (κ1) is 8.97. The molecule has 0 aromatic carbocycles. The summed E-state index contributed by atoms with van der Waals surface area (Å²) in [6.07, 6.45) is 5.25. The van der Waals surface area contributed by atoms with Crippen molar-refractivity contribution in [2.45, 2.75) is 19.3 Å². The summed E-state index contributed by atoms with van der Waals surface area (Å²) in [5.74, 6) is 0.181. The van der Waals surface area contributed by atoms with E-state index in [1.165, 1.54) is 13.2 Å². The van der Waals surface area contributed by atoms with Gasteiger partial charge < -0.3 is 4.74 Å². The molecule has 0 bridgehead atoms. The van der Waals surface area contributed by atoms with Gasteiger partial charge >= 0.3 is 5.97 Å². The zero-order valence-electron chi connectivity index (χ0n) is 7.08. The molecule has 1 fully saturated rings. The van der Waals surface area contributed by atoms with Crippen LogP contribution in [0.2, 0.25) is 0 Å². The van der Waals surface area contributed by atoms with Gasteiger partial charge in [-0.25, -0.2) is 4.79 Å². The lowest BCUT2D eigenvalue weighted by Crippen LogP contribution is -1.96. The van der Waals surface area contributed by atoms with E-state index in [0.29, 0.717) is 12.8 Å². The molecule has 0 aromatic rings. The Balaban J connectivity index is 2.36. The van der Waals surface area contributed by atoms with Crippen LogP contribution < -0.4 is 0 Å². The summed E-state index contributed by atoms with van der Waals surface area (Å²) in [4.78, 5) is 21.5. The van der Waals surface area contributed by atoms with Crippen LogP contribution in [0.3, 0.4) is 0 Å². The van der Waals surface area contributed by atoms with Crippen molar-refractivity contribution in [2.75, 3.05) is 7.11 Å². The minimum atomic E-state index is -0.352. The second-order valence-electron chi connectivity index (χ2n) is 2.92. The van der Waals surface area contributed by atoms with E-state index in [0.717, 1.165) is 6.42 Å². The highest BCUT2D eigenvalue weighted by molar-refractivity contribution is 5.83. The Kier molecular flexibility index (Phi) is 3.02. The molecule has 12 heavy (non-hydrogen) atoms. The molecule has 3 nitrogen and oxygen atoms in total. The summed E-state index contributed by atoms with van der Waals surface area (Å²) >= 11 is 0. The molecule has 0 spiro atoms. The van der Waals surface area contributed by atoms with Crippen LogP contribution in [0.4, 0.5) is 0 Å². The molecule has 1 rings (SSSR count). The average Bonchev–Trinajstić information content (AvgIpc) is 2.47. The summed E-state index contributed by atoms with van der Waals surface area (Å²) < 4.78 is 4.43. The Morgan fingerprint density at radius 3 is 2.92 bits per heavy atom. The van der Waals surface area contributed by atoms with Gasteiger partial charge in [-0.2, -0.15) is 0 Å². The van der Waals surface area contributed by atoms with Gasteiger partial charge in [0, 0.05) is 18.9 Å². The van der Waals surface area contributed by atoms with Gasteiger partial charge in [0.25, 0.3) is 0 Å². The first-order valence-electron chi connectivity index (χ1n) is 4.00. The monoisotopic (exact) mass is 168 g/mol. The third kappa shape index (κ3) is 2.49. The summed E-state index contributed by atoms with van der Waals surface area (Å²) in [5, 5.41) is 0. The van der Waals surface area contributed by atoms with E-state index >= 15 is 0 Å². The van der Waals surface area contributed by atoms with Gasteiger partial charge in [0.15, 0.2) is 0 Å². The number of hydrogen-bond acceptors (Lipinski definition) is 3. The number of allylic oxidation sites excluding steroid dienone is 1. The quantitative estimate of drug-likeness (QED) is 0.458. The first-order chi connectivity index (χ1) is 5.72. The number of carbonyl (C=O) groups excluding carboxylic acids is 2. The van der Waals surface area contributed by atoms with E-state index in [-0.39, 0.29) is 17.7 Å². The topological polar surface area (TPSA) is 43.4 Å². The van der Waals surface area contributed by atoms with Gasteiger partial charge in [0.05, 0.1) is 7.11 Å². The highest BCUT2D eigenvalue weighted by atomic mass is 16.5. The van der Waals surface area contributed by atoms with Crippen molar-refractivity contribution in [1.29, 1.82) is 0 Å². The second-order valence-corrected chi connectivity index (χ2v) is 2.92. The summed E-state index contributed by atoms with van der Waals surface area (Å²) in [6, 6.07) is 0. The molecule has 0 N–H and O–H groups in total. The van der Waals surface area contributed by atoms with E-state index in [9.17, 15) is 9.59 Å². The average molecular weight is 168 g/mol. The number of rotatable bonds is 2. The minimum absolute atomic E-state index is 0.247. The Bertz CT molecular complexity index is 218. The van der Waals surface area contributed by atoms with Crippen molar-refractivity contribution in [2.24, 2.45) is 5.92 Å². The number of ketones is 1. The molecule has 3 heteroatoms. The predicted octanol–water partition coefficient (Wildman–Crippen LogP) is 1.08. The van der Waals surface area contributed by atoms with E-state index in [1.54, 1.807) is 6.08 Å². The van der Waals surface area contributed by atoms with Gasteiger partial charge in [-0.3, -0.25) is 4.79 Å². The predicted molar refractivity (Wildman–Crippen MR) is 43.5 cm³/mol.